The van der Waals surface area contributed by atoms with Crippen LogP contribution in [0, 0.1) is 0 Å². The van der Waals surface area contributed by atoms with Crippen molar-refractivity contribution >= 4 is 38.9 Å². The van der Waals surface area contributed by atoms with Gasteiger partial charge in [0.05, 0.1) is 22.1 Å². The van der Waals surface area contributed by atoms with Gasteiger partial charge in [0.1, 0.15) is 11.5 Å². The van der Waals surface area contributed by atoms with E-state index in [9.17, 15) is 0 Å². The first-order chi connectivity index (χ1) is 36.0. The molecule has 1 aliphatic heterocycles. The zero-order valence-corrected chi connectivity index (χ0v) is 40.6. The molecular weight excluding hydrogens is 885 g/mol. The van der Waals surface area contributed by atoms with E-state index in [0.717, 1.165) is 45.4 Å². The summed E-state index contributed by atoms with van der Waals surface area (Å²) in [6.45, 7) is 4.76. The second-order valence-corrected chi connectivity index (χ2v) is 20.3. The summed E-state index contributed by atoms with van der Waals surface area (Å²) in [5.41, 5.74) is 23.0. The number of ether oxygens (including phenoxy) is 1. The highest BCUT2D eigenvalue weighted by molar-refractivity contribution is 6.18. The van der Waals surface area contributed by atoms with E-state index in [0.29, 0.717) is 0 Å². The normalized spacial score (nSPS) is 13.9. The first-order valence-corrected chi connectivity index (χ1v) is 25.4. The van der Waals surface area contributed by atoms with Crippen molar-refractivity contribution in [1.29, 1.82) is 0 Å². The van der Waals surface area contributed by atoms with E-state index < -0.39 is 5.41 Å². The van der Waals surface area contributed by atoms with E-state index in [1.165, 1.54) is 88.6 Å². The van der Waals surface area contributed by atoms with E-state index in [1.807, 2.05) is 0 Å². The molecule has 2 aliphatic carbocycles. The van der Waals surface area contributed by atoms with Crippen molar-refractivity contribution in [3.8, 4) is 61.7 Å². The summed E-state index contributed by atoms with van der Waals surface area (Å²) >= 11 is 0. The number of hydrogen-bond acceptors (Lipinski definition) is 2. The molecule has 0 fully saturated rings. The maximum absolute atomic E-state index is 6.97. The Kier molecular flexibility index (Phi) is 8.92. The van der Waals surface area contributed by atoms with Crippen LogP contribution in [-0.2, 0) is 10.8 Å². The second-order valence-electron chi connectivity index (χ2n) is 20.3. The number of benzene rings is 11. The predicted octanol–water partition coefficient (Wildman–Crippen LogP) is 18.4. The van der Waals surface area contributed by atoms with Crippen molar-refractivity contribution in [2.24, 2.45) is 0 Å². The summed E-state index contributed by atoms with van der Waals surface area (Å²) in [5, 5.41) is 2.45. The van der Waals surface area contributed by atoms with Crippen molar-refractivity contribution in [2.75, 3.05) is 4.90 Å². The van der Waals surface area contributed by atoms with E-state index >= 15 is 0 Å². The molecule has 0 saturated heterocycles. The van der Waals surface area contributed by atoms with Gasteiger partial charge in [-0.2, -0.15) is 0 Å². The van der Waals surface area contributed by atoms with E-state index in [-0.39, 0.29) is 5.41 Å². The third-order valence-electron chi connectivity index (χ3n) is 16.3. The molecule has 12 aromatic rings. The van der Waals surface area contributed by atoms with Crippen molar-refractivity contribution < 1.29 is 4.74 Å². The number of hydrogen-bond donors (Lipinski definition) is 0. The van der Waals surface area contributed by atoms with Crippen molar-refractivity contribution in [3.05, 3.63) is 288 Å². The van der Waals surface area contributed by atoms with Crippen LogP contribution in [0.2, 0.25) is 0 Å². The zero-order valence-electron chi connectivity index (χ0n) is 40.6. The zero-order chi connectivity index (χ0) is 48.4. The molecule has 0 unspecified atom stereocenters. The minimum absolute atomic E-state index is 0.204. The summed E-state index contributed by atoms with van der Waals surface area (Å²) in [6.07, 6.45) is 0. The minimum atomic E-state index is -0.775. The Morgan fingerprint density at radius 2 is 0.932 bits per heavy atom. The van der Waals surface area contributed by atoms with Gasteiger partial charge in [-0.15, -0.1) is 0 Å². The lowest BCUT2D eigenvalue weighted by atomic mass is 9.65. The van der Waals surface area contributed by atoms with E-state index in [4.69, 9.17) is 4.74 Å². The van der Waals surface area contributed by atoms with Gasteiger partial charge in [-0.05, 0) is 128 Å². The first kappa shape index (κ1) is 41.6. The number of aromatic nitrogens is 1. The molecule has 1 aromatic heterocycles. The topological polar surface area (TPSA) is 17.4 Å². The molecule has 0 atom stereocenters. The van der Waals surface area contributed by atoms with Gasteiger partial charge in [0.2, 0.25) is 0 Å². The monoisotopic (exact) mass is 932 g/mol. The number of anilines is 3. The summed E-state index contributed by atoms with van der Waals surface area (Å²) in [4.78, 5) is 2.55. The number of nitrogens with zero attached hydrogens (tertiary/aromatic N) is 2. The van der Waals surface area contributed by atoms with Crippen LogP contribution in [0.25, 0.3) is 72.0 Å². The lowest BCUT2D eigenvalue weighted by Gasteiger charge is -2.41. The molecule has 344 valence electrons. The van der Waals surface area contributed by atoms with Crippen LogP contribution in [0.5, 0.6) is 11.5 Å². The summed E-state index contributed by atoms with van der Waals surface area (Å²) in [5.74, 6) is 1.73. The van der Waals surface area contributed by atoms with Crippen molar-refractivity contribution in [2.45, 2.75) is 24.7 Å². The van der Waals surface area contributed by atoms with Gasteiger partial charge in [-0.1, -0.05) is 202 Å². The molecule has 11 aromatic carbocycles. The molecule has 0 amide bonds. The van der Waals surface area contributed by atoms with Gasteiger partial charge in [-0.3, -0.25) is 0 Å². The molecule has 3 heteroatoms. The van der Waals surface area contributed by atoms with Crippen LogP contribution in [0.4, 0.5) is 17.1 Å². The predicted molar refractivity (Wildman–Crippen MR) is 301 cm³/mol. The molecule has 0 bridgehead atoms. The fourth-order valence-corrected chi connectivity index (χ4v) is 13.2. The smallest absolute Gasteiger partial charge is 0.132 e. The maximum atomic E-state index is 6.97. The standard InChI is InChI=1S/C70H48N2O/c1-69(2)56-28-12-9-24-50(56)51-41-40-49(44-60(51)69)71(48-38-36-46(37-39-48)45-20-5-3-6-21-45)63-43-42-53(52-27-19-33-62-66(52)55-26-11-16-32-61(55)72(62)47-22-7-4-8-23-47)67-54-25-10-13-29-57(54)70(68(63)67)58-30-14-17-34-64(58)73-65-35-18-15-31-59(65)70/h3-44H,1-2H3. The highest BCUT2D eigenvalue weighted by atomic mass is 16.5. The van der Waals surface area contributed by atoms with Gasteiger partial charge < -0.3 is 14.2 Å². The molecule has 3 nitrogen and oxygen atoms in total. The second kappa shape index (κ2) is 15.7. The molecule has 73 heavy (non-hydrogen) atoms. The molecule has 15 rings (SSSR count). The maximum Gasteiger partial charge on any atom is 0.132 e. The molecule has 1 spiro atoms. The fourth-order valence-electron chi connectivity index (χ4n) is 13.2. The van der Waals surface area contributed by atoms with Crippen LogP contribution in [-0.4, -0.2) is 4.57 Å². The molecule has 0 saturated carbocycles. The van der Waals surface area contributed by atoms with Gasteiger partial charge >= 0.3 is 0 Å². The van der Waals surface area contributed by atoms with Crippen LogP contribution in [0.15, 0.2) is 255 Å². The van der Waals surface area contributed by atoms with Crippen LogP contribution < -0.4 is 9.64 Å². The highest BCUT2D eigenvalue weighted by Crippen LogP contribution is 2.67. The van der Waals surface area contributed by atoms with Crippen LogP contribution >= 0.6 is 0 Å². The Hall–Kier alpha value is -9.18. The van der Waals surface area contributed by atoms with Crippen LogP contribution in [0.1, 0.15) is 47.2 Å². The molecule has 3 aliphatic rings. The largest absolute Gasteiger partial charge is 0.457 e. The molecule has 2 heterocycles. The SMILES string of the molecule is CC1(C)c2ccccc2-c2ccc(N(c3ccc(-c4ccccc4)cc3)c3ccc(-c4cccc5c4c4ccccc4n5-c4ccccc4)c4c3C3(c5ccccc5Oc5ccccc53)c3ccccc3-4)cc21. The Labute approximate surface area is 425 Å². The lowest BCUT2D eigenvalue weighted by Crippen LogP contribution is -2.33. The number of fused-ring (bicyclic) bond motifs is 15. The first-order valence-electron chi connectivity index (χ1n) is 25.4. The third kappa shape index (κ3) is 5.82. The van der Waals surface area contributed by atoms with Crippen molar-refractivity contribution in [3.63, 3.8) is 0 Å². The average Bonchev–Trinajstić information content (AvgIpc) is 4.04. The fraction of sp³-hybridized carbons (Fsp3) is 0.0571. The number of para-hydroxylation sites is 4. The third-order valence-corrected chi connectivity index (χ3v) is 16.3. The van der Waals surface area contributed by atoms with E-state index in [1.54, 1.807) is 0 Å². The van der Waals surface area contributed by atoms with Gasteiger partial charge in [0, 0.05) is 49.9 Å². The average molecular weight is 933 g/mol. The van der Waals surface area contributed by atoms with Crippen LogP contribution in [0.3, 0.4) is 0 Å². The lowest BCUT2D eigenvalue weighted by molar-refractivity contribution is 0.436. The Balaban J connectivity index is 1.09. The molecular formula is C70H48N2O. The number of rotatable bonds is 6. The van der Waals surface area contributed by atoms with Gasteiger partial charge in [0.15, 0.2) is 0 Å². The minimum Gasteiger partial charge on any atom is -0.457 e. The highest BCUT2D eigenvalue weighted by Gasteiger charge is 2.54. The van der Waals surface area contributed by atoms with Crippen molar-refractivity contribution in [1.82, 2.24) is 4.57 Å². The molecule has 0 radical (unpaired) electrons. The Morgan fingerprint density at radius 3 is 1.68 bits per heavy atom. The summed E-state index contributed by atoms with van der Waals surface area (Å²) < 4.78 is 9.40. The Bertz CT molecular complexity index is 4160. The quantitative estimate of drug-likeness (QED) is 0.165. The Morgan fingerprint density at radius 1 is 0.384 bits per heavy atom. The van der Waals surface area contributed by atoms with E-state index in [2.05, 4.69) is 278 Å². The van der Waals surface area contributed by atoms with Gasteiger partial charge in [0.25, 0.3) is 0 Å². The van der Waals surface area contributed by atoms with Gasteiger partial charge in [-0.25, -0.2) is 0 Å². The summed E-state index contributed by atoms with van der Waals surface area (Å²) in [7, 11) is 0. The summed E-state index contributed by atoms with van der Waals surface area (Å²) in [6, 6.07) is 94.1. The molecule has 0 N–H and O–H groups in total.